The van der Waals surface area contributed by atoms with Crippen molar-refractivity contribution in [2.45, 2.75) is 61.9 Å². The molecule has 0 amide bonds. The van der Waals surface area contributed by atoms with Crippen LogP contribution in [0.15, 0.2) is 6.07 Å². The second-order valence-corrected chi connectivity index (χ2v) is 8.09. The Bertz CT molecular complexity index is 720. The zero-order chi connectivity index (χ0) is 16.7. The van der Waals surface area contributed by atoms with Crippen molar-refractivity contribution in [1.82, 2.24) is 4.90 Å². The average Bonchev–Trinajstić information content (AvgIpc) is 2.59. The normalized spacial score (nSPS) is 40.0. The van der Waals surface area contributed by atoms with E-state index in [1.807, 2.05) is 6.07 Å². The molecule has 2 aliphatic carbocycles. The molecule has 4 atom stereocenters. The minimum atomic E-state index is -1.02. The SMILES string of the molecule is COC12CC3(CCC4c5c(cc(O)c(c53)O1)CCN4C)CCC2O. The molecule has 0 saturated heterocycles. The maximum atomic E-state index is 10.7. The summed E-state index contributed by atoms with van der Waals surface area (Å²) < 4.78 is 11.9. The van der Waals surface area contributed by atoms with Gasteiger partial charge in [-0.15, -0.1) is 0 Å². The molecule has 2 aliphatic heterocycles. The van der Waals surface area contributed by atoms with Crippen LogP contribution in [0.5, 0.6) is 11.5 Å². The van der Waals surface area contributed by atoms with E-state index >= 15 is 0 Å². The number of aliphatic hydroxyl groups excluding tert-OH is 1. The van der Waals surface area contributed by atoms with Gasteiger partial charge in [0.25, 0.3) is 0 Å². The van der Waals surface area contributed by atoms with Crippen LogP contribution in [0.4, 0.5) is 0 Å². The Balaban J connectivity index is 1.80. The van der Waals surface area contributed by atoms with Crippen LogP contribution in [0.2, 0.25) is 0 Å². The maximum Gasteiger partial charge on any atom is 0.237 e. The Morgan fingerprint density at radius 3 is 2.92 bits per heavy atom. The summed E-state index contributed by atoms with van der Waals surface area (Å²) >= 11 is 0. The number of benzene rings is 1. The molecule has 1 fully saturated rings. The molecule has 1 spiro atoms. The van der Waals surface area contributed by atoms with E-state index in [-0.39, 0.29) is 11.2 Å². The van der Waals surface area contributed by atoms with Gasteiger partial charge in [0.05, 0.1) is 0 Å². The van der Waals surface area contributed by atoms with E-state index in [1.165, 1.54) is 16.7 Å². The Morgan fingerprint density at radius 1 is 1.33 bits per heavy atom. The van der Waals surface area contributed by atoms with E-state index in [0.717, 1.165) is 32.2 Å². The van der Waals surface area contributed by atoms with Gasteiger partial charge in [0.2, 0.25) is 5.79 Å². The first kappa shape index (κ1) is 15.0. The van der Waals surface area contributed by atoms with Gasteiger partial charge in [-0.2, -0.15) is 0 Å². The van der Waals surface area contributed by atoms with Gasteiger partial charge < -0.3 is 19.7 Å². The summed E-state index contributed by atoms with van der Waals surface area (Å²) in [5.41, 5.74) is 3.82. The monoisotopic (exact) mass is 331 g/mol. The highest BCUT2D eigenvalue weighted by Gasteiger charge is 2.60. The largest absolute Gasteiger partial charge is 0.504 e. The standard InChI is InChI=1S/C19H25NO4/c1-20-8-5-11-9-13(21)17-16-15(11)12(20)3-6-18(16)7-4-14(22)19(10-18,23-2)24-17/h9,12,14,21-22H,3-8,10H2,1-2H3. The van der Waals surface area contributed by atoms with Crippen LogP contribution in [0, 0.1) is 0 Å². The minimum Gasteiger partial charge on any atom is -0.504 e. The molecule has 4 unspecified atom stereocenters. The second kappa shape index (κ2) is 4.65. The van der Waals surface area contributed by atoms with Crippen molar-refractivity contribution in [3.05, 3.63) is 22.8 Å². The van der Waals surface area contributed by atoms with Gasteiger partial charge in [-0.1, -0.05) is 0 Å². The fraction of sp³-hybridized carbons (Fsp3) is 0.684. The summed E-state index contributed by atoms with van der Waals surface area (Å²) in [4.78, 5) is 2.43. The number of rotatable bonds is 1. The molecule has 5 heteroatoms. The van der Waals surface area contributed by atoms with Crippen LogP contribution in [-0.4, -0.2) is 47.7 Å². The number of aliphatic hydroxyl groups is 1. The summed E-state index contributed by atoms with van der Waals surface area (Å²) in [6.07, 6.45) is 4.79. The number of aromatic hydroxyl groups is 1. The molecule has 24 heavy (non-hydrogen) atoms. The van der Waals surface area contributed by atoms with Crippen molar-refractivity contribution in [2.24, 2.45) is 0 Å². The van der Waals surface area contributed by atoms with Crippen molar-refractivity contribution >= 4 is 0 Å². The third-order valence-electron chi connectivity index (χ3n) is 7.02. The molecular formula is C19H25NO4. The van der Waals surface area contributed by atoms with Crippen LogP contribution in [-0.2, 0) is 16.6 Å². The van der Waals surface area contributed by atoms with Crippen molar-refractivity contribution in [2.75, 3.05) is 20.7 Å². The molecule has 2 heterocycles. The molecule has 1 aromatic carbocycles. The predicted molar refractivity (Wildman–Crippen MR) is 88.3 cm³/mol. The quantitative estimate of drug-likeness (QED) is 0.826. The number of hydrogen-bond donors (Lipinski definition) is 2. The Kier molecular flexibility index (Phi) is 2.91. The van der Waals surface area contributed by atoms with Gasteiger partial charge in [0, 0.05) is 37.1 Å². The first-order valence-corrected chi connectivity index (χ1v) is 9.01. The van der Waals surface area contributed by atoms with Gasteiger partial charge >= 0.3 is 0 Å². The van der Waals surface area contributed by atoms with Crippen LogP contribution < -0.4 is 4.74 Å². The third kappa shape index (κ3) is 1.65. The van der Waals surface area contributed by atoms with Crippen molar-refractivity contribution in [3.63, 3.8) is 0 Å². The average molecular weight is 331 g/mol. The molecule has 1 aromatic rings. The van der Waals surface area contributed by atoms with E-state index in [9.17, 15) is 10.2 Å². The Hall–Kier alpha value is -1.30. The van der Waals surface area contributed by atoms with E-state index in [2.05, 4.69) is 11.9 Å². The van der Waals surface area contributed by atoms with Crippen molar-refractivity contribution in [1.29, 1.82) is 0 Å². The summed E-state index contributed by atoms with van der Waals surface area (Å²) in [5.74, 6) is -0.265. The Labute approximate surface area is 142 Å². The molecule has 2 bridgehead atoms. The lowest BCUT2D eigenvalue weighted by Gasteiger charge is -2.57. The van der Waals surface area contributed by atoms with E-state index in [1.54, 1.807) is 7.11 Å². The van der Waals surface area contributed by atoms with Crippen molar-refractivity contribution in [3.8, 4) is 11.5 Å². The van der Waals surface area contributed by atoms with Crippen LogP contribution in [0.3, 0.4) is 0 Å². The van der Waals surface area contributed by atoms with E-state index in [4.69, 9.17) is 9.47 Å². The first-order valence-electron chi connectivity index (χ1n) is 9.01. The summed E-state index contributed by atoms with van der Waals surface area (Å²) in [6.45, 7) is 1.03. The summed E-state index contributed by atoms with van der Waals surface area (Å²) in [7, 11) is 3.79. The van der Waals surface area contributed by atoms with Crippen molar-refractivity contribution < 1.29 is 19.7 Å². The van der Waals surface area contributed by atoms with Gasteiger partial charge in [-0.05, 0) is 56.3 Å². The number of likely N-dealkylation sites (N-methyl/N-ethyl adjacent to an activating group) is 1. The smallest absolute Gasteiger partial charge is 0.237 e. The molecule has 2 N–H and O–H groups in total. The molecular weight excluding hydrogens is 306 g/mol. The number of methoxy groups -OCH3 is 1. The fourth-order valence-corrected chi connectivity index (χ4v) is 5.78. The molecule has 4 aliphatic rings. The number of fused-ring (bicyclic) bond motifs is 1. The third-order valence-corrected chi connectivity index (χ3v) is 7.02. The van der Waals surface area contributed by atoms with Crippen LogP contribution in [0.25, 0.3) is 0 Å². The zero-order valence-corrected chi connectivity index (χ0v) is 14.3. The highest BCUT2D eigenvalue weighted by atomic mass is 16.7. The molecule has 130 valence electrons. The van der Waals surface area contributed by atoms with Gasteiger partial charge in [-0.3, -0.25) is 4.90 Å². The topological polar surface area (TPSA) is 62.2 Å². The highest BCUT2D eigenvalue weighted by Crippen LogP contribution is 2.63. The zero-order valence-electron chi connectivity index (χ0n) is 14.3. The molecule has 0 aromatic heterocycles. The lowest BCUT2D eigenvalue weighted by molar-refractivity contribution is -0.262. The Morgan fingerprint density at radius 2 is 2.12 bits per heavy atom. The van der Waals surface area contributed by atoms with Gasteiger partial charge in [0.1, 0.15) is 6.10 Å². The highest BCUT2D eigenvalue weighted by molar-refractivity contribution is 5.61. The summed E-state index contributed by atoms with van der Waals surface area (Å²) in [5, 5.41) is 21.2. The number of hydrogen-bond acceptors (Lipinski definition) is 5. The maximum absolute atomic E-state index is 10.7. The van der Waals surface area contributed by atoms with E-state index in [0.29, 0.717) is 24.6 Å². The number of nitrogens with zero attached hydrogens (tertiary/aromatic N) is 1. The molecule has 5 rings (SSSR count). The lowest BCUT2D eigenvalue weighted by atomic mass is 9.57. The molecule has 0 radical (unpaired) electrons. The second-order valence-electron chi connectivity index (χ2n) is 8.09. The van der Waals surface area contributed by atoms with Crippen LogP contribution >= 0.6 is 0 Å². The van der Waals surface area contributed by atoms with Crippen LogP contribution in [0.1, 0.15) is 54.8 Å². The van der Waals surface area contributed by atoms with Gasteiger partial charge in [0.15, 0.2) is 11.5 Å². The first-order chi connectivity index (χ1) is 11.5. The number of phenolic OH excluding ortho intramolecular Hbond substituents is 1. The molecule has 1 saturated carbocycles. The predicted octanol–water partition coefficient (Wildman–Crippen LogP) is 2.23. The summed E-state index contributed by atoms with van der Waals surface area (Å²) in [6, 6.07) is 2.29. The van der Waals surface area contributed by atoms with Gasteiger partial charge in [-0.25, -0.2) is 0 Å². The number of phenols is 1. The minimum absolute atomic E-state index is 0.0413. The fourth-order valence-electron chi connectivity index (χ4n) is 5.78. The lowest BCUT2D eigenvalue weighted by Crippen LogP contribution is -2.61. The molecule has 5 nitrogen and oxygen atoms in total. The number of ether oxygens (including phenoxy) is 2. The van der Waals surface area contributed by atoms with E-state index < -0.39 is 11.9 Å².